The maximum Gasteiger partial charge on any atom is 0.0461 e. The molecule has 0 atom stereocenters. The highest BCUT2D eigenvalue weighted by atomic mass is 35.5. The second kappa shape index (κ2) is 2.42. The number of benzene rings is 1. The third kappa shape index (κ3) is 1.21. The largest absolute Gasteiger partial charge is 0.398 e. The summed E-state index contributed by atoms with van der Waals surface area (Å²) in [6, 6.07) is 5.72. The molecule has 0 bridgehead atoms. The van der Waals surface area contributed by atoms with Gasteiger partial charge >= 0.3 is 0 Å². The van der Waals surface area contributed by atoms with E-state index in [1.807, 2.05) is 18.2 Å². The first-order chi connectivity index (χ1) is 5.29. The summed E-state index contributed by atoms with van der Waals surface area (Å²) in [6.45, 7) is 0. The lowest BCUT2D eigenvalue weighted by Crippen LogP contribution is -1.92. The lowest BCUT2D eigenvalue weighted by atomic mass is 10.1. The Morgan fingerprint density at radius 3 is 2.64 bits per heavy atom. The molecule has 0 aliphatic heterocycles. The van der Waals surface area contributed by atoms with Crippen molar-refractivity contribution in [1.29, 1.82) is 0 Å². The summed E-state index contributed by atoms with van der Waals surface area (Å²) < 4.78 is 0. The number of hydrogen-bond acceptors (Lipinski definition) is 1. The van der Waals surface area contributed by atoms with Crippen molar-refractivity contribution in [2.24, 2.45) is 0 Å². The minimum Gasteiger partial charge on any atom is -0.398 e. The second-order valence-electron chi connectivity index (χ2n) is 3.02. The molecule has 0 aromatic heterocycles. The molecule has 2 heteroatoms. The van der Waals surface area contributed by atoms with Gasteiger partial charge in [0.05, 0.1) is 0 Å². The zero-order valence-electron chi connectivity index (χ0n) is 6.18. The Bertz CT molecular complexity index is 259. The van der Waals surface area contributed by atoms with Gasteiger partial charge in [0.25, 0.3) is 0 Å². The Labute approximate surface area is 71.2 Å². The topological polar surface area (TPSA) is 26.0 Å². The van der Waals surface area contributed by atoms with Gasteiger partial charge in [-0.15, -0.1) is 0 Å². The first-order valence-corrected chi connectivity index (χ1v) is 4.20. The maximum atomic E-state index is 5.98. The molecule has 1 aromatic rings. The van der Waals surface area contributed by atoms with E-state index >= 15 is 0 Å². The molecule has 11 heavy (non-hydrogen) atoms. The van der Waals surface area contributed by atoms with Crippen LogP contribution >= 0.6 is 11.6 Å². The number of anilines is 1. The fourth-order valence-corrected chi connectivity index (χ4v) is 1.69. The molecule has 1 fully saturated rings. The SMILES string of the molecule is Nc1cccc(Cl)c1C1CC1. The van der Waals surface area contributed by atoms with Crippen LogP contribution in [0.5, 0.6) is 0 Å². The molecule has 0 radical (unpaired) electrons. The second-order valence-corrected chi connectivity index (χ2v) is 3.42. The van der Waals surface area contributed by atoms with Crippen molar-refractivity contribution in [3.8, 4) is 0 Å². The summed E-state index contributed by atoms with van der Waals surface area (Å²) in [5.74, 6) is 0.642. The van der Waals surface area contributed by atoms with E-state index in [2.05, 4.69) is 0 Å². The molecular formula is C9H10ClN. The zero-order valence-corrected chi connectivity index (χ0v) is 6.93. The molecule has 1 aromatic carbocycles. The molecule has 0 unspecified atom stereocenters. The summed E-state index contributed by atoms with van der Waals surface area (Å²) in [7, 11) is 0. The van der Waals surface area contributed by atoms with Crippen LogP contribution < -0.4 is 5.73 Å². The van der Waals surface area contributed by atoms with Crippen LogP contribution in [0, 0.1) is 0 Å². The van der Waals surface area contributed by atoms with E-state index in [9.17, 15) is 0 Å². The molecule has 0 amide bonds. The van der Waals surface area contributed by atoms with Crippen molar-refractivity contribution in [3.05, 3.63) is 28.8 Å². The molecule has 2 rings (SSSR count). The number of nitrogen functional groups attached to an aromatic ring is 1. The third-order valence-electron chi connectivity index (χ3n) is 2.07. The van der Waals surface area contributed by atoms with Crippen LogP contribution in [0.25, 0.3) is 0 Å². The van der Waals surface area contributed by atoms with Crippen LogP contribution in [0.4, 0.5) is 5.69 Å². The number of hydrogen-bond donors (Lipinski definition) is 1. The number of halogens is 1. The molecule has 1 saturated carbocycles. The molecule has 0 heterocycles. The van der Waals surface area contributed by atoms with Crippen LogP contribution in [0.1, 0.15) is 24.3 Å². The van der Waals surface area contributed by atoms with Crippen LogP contribution in [0.3, 0.4) is 0 Å². The third-order valence-corrected chi connectivity index (χ3v) is 2.40. The molecule has 0 spiro atoms. The van der Waals surface area contributed by atoms with Crippen LogP contribution in [0.15, 0.2) is 18.2 Å². The first kappa shape index (κ1) is 6.99. The molecule has 58 valence electrons. The minimum atomic E-state index is 0.642. The van der Waals surface area contributed by atoms with Crippen LogP contribution in [-0.2, 0) is 0 Å². The maximum absolute atomic E-state index is 5.98. The van der Waals surface area contributed by atoms with Gasteiger partial charge < -0.3 is 5.73 Å². The molecule has 1 aliphatic rings. The highest BCUT2D eigenvalue weighted by Gasteiger charge is 2.27. The molecule has 2 N–H and O–H groups in total. The monoisotopic (exact) mass is 167 g/mol. The van der Waals surface area contributed by atoms with E-state index in [0.29, 0.717) is 5.92 Å². The predicted octanol–water partition coefficient (Wildman–Crippen LogP) is 2.80. The Morgan fingerprint density at radius 2 is 2.09 bits per heavy atom. The number of nitrogens with two attached hydrogens (primary N) is 1. The highest BCUT2D eigenvalue weighted by molar-refractivity contribution is 6.31. The quantitative estimate of drug-likeness (QED) is 0.640. The standard InChI is InChI=1S/C9H10ClN/c10-7-2-1-3-8(11)9(7)6-4-5-6/h1-3,6H,4-5,11H2. The minimum absolute atomic E-state index is 0.642. The zero-order chi connectivity index (χ0) is 7.84. The van der Waals surface area contributed by atoms with Gasteiger partial charge in [0, 0.05) is 10.7 Å². The lowest BCUT2D eigenvalue weighted by molar-refractivity contribution is 1.14. The molecule has 1 aliphatic carbocycles. The average molecular weight is 168 g/mol. The van der Waals surface area contributed by atoms with E-state index in [1.165, 1.54) is 12.8 Å². The van der Waals surface area contributed by atoms with E-state index in [4.69, 9.17) is 17.3 Å². The van der Waals surface area contributed by atoms with Crippen molar-refractivity contribution in [1.82, 2.24) is 0 Å². The molecule has 1 nitrogen and oxygen atoms in total. The predicted molar refractivity (Wildman–Crippen MR) is 47.8 cm³/mol. The normalized spacial score (nSPS) is 16.8. The Hall–Kier alpha value is -0.690. The Kier molecular flexibility index (Phi) is 1.53. The smallest absolute Gasteiger partial charge is 0.0461 e. The first-order valence-electron chi connectivity index (χ1n) is 3.83. The van der Waals surface area contributed by atoms with E-state index in [-0.39, 0.29) is 0 Å². The van der Waals surface area contributed by atoms with E-state index in [1.54, 1.807) is 0 Å². The average Bonchev–Trinajstić information content (AvgIpc) is 2.70. The van der Waals surface area contributed by atoms with E-state index < -0.39 is 0 Å². The molecule has 0 saturated heterocycles. The fraction of sp³-hybridized carbons (Fsp3) is 0.333. The van der Waals surface area contributed by atoms with Gasteiger partial charge in [0.1, 0.15) is 0 Å². The van der Waals surface area contributed by atoms with Gasteiger partial charge in [0.2, 0.25) is 0 Å². The summed E-state index contributed by atoms with van der Waals surface area (Å²) in [4.78, 5) is 0. The summed E-state index contributed by atoms with van der Waals surface area (Å²) >= 11 is 5.98. The Balaban J connectivity index is 2.48. The summed E-state index contributed by atoms with van der Waals surface area (Å²) in [5, 5.41) is 0.826. The van der Waals surface area contributed by atoms with Crippen molar-refractivity contribution in [2.45, 2.75) is 18.8 Å². The lowest BCUT2D eigenvalue weighted by Gasteiger charge is -2.04. The summed E-state index contributed by atoms with van der Waals surface area (Å²) in [6.07, 6.45) is 2.49. The summed E-state index contributed by atoms with van der Waals surface area (Å²) in [5.41, 5.74) is 7.79. The van der Waals surface area contributed by atoms with Crippen LogP contribution in [0.2, 0.25) is 5.02 Å². The van der Waals surface area contributed by atoms with Crippen molar-refractivity contribution >= 4 is 17.3 Å². The van der Waals surface area contributed by atoms with Gasteiger partial charge in [-0.25, -0.2) is 0 Å². The highest BCUT2D eigenvalue weighted by Crippen LogP contribution is 2.45. The molecular weight excluding hydrogens is 158 g/mol. The van der Waals surface area contributed by atoms with Crippen LogP contribution in [-0.4, -0.2) is 0 Å². The van der Waals surface area contributed by atoms with Gasteiger partial charge in [-0.1, -0.05) is 17.7 Å². The van der Waals surface area contributed by atoms with Crippen molar-refractivity contribution in [2.75, 3.05) is 5.73 Å². The van der Waals surface area contributed by atoms with Crippen molar-refractivity contribution < 1.29 is 0 Å². The fourth-order valence-electron chi connectivity index (χ4n) is 1.36. The van der Waals surface area contributed by atoms with Gasteiger partial charge in [0.15, 0.2) is 0 Å². The Morgan fingerprint density at radius 1 is 1.36 bits per heavy atom. The van der Waals surface area contributed by atoms with Gasteiger partial charge in [-0.3, -0.25) is 0 Å². The number of rotatable bonds is 1. The van der Waals surface area contributed by atoms with E-state index in [0.717, 1.165) is 16.3 Å². The van der Waals surface area contributed by atoms with Gasteiger partial charge in [-0.05, 0) is 36.5 Å². The van der Waals surface area contributed by atoms with Crippen molar-refractivity contribution in [3.63, 3.8) is 0 Å². The van der Waals surface area contributed by atoms with Gasteiger partial charge in [-0.2, -0.15) is 0 Å².